The van der Waals surface area contributed by atoms with Gasteiger partial charge in [0.2, 0.25) is 0 Å². The summed E-state index contributed by atoms with van der Waals surface area (Å²) in [6.07, 6.45) is 12.5. The molecule has 2 aromatic heterocycles. The van der Waals surface area contributed by atoms with E-state index in [1.165, 1.54) is 5.56 Å². The van der Waals surface area contributed by atoms with Gasteiger partial charge in [0.1, 0.15) is 12.1 Å². The highest BCUT2D eigenvalue weighted by atomic mass is 15.0. The fraction of sp³-hybridized carbons (Fsp3) is 0.172. The minimum absolute atomic E-state index is 0.672. The quantitative estimate of drug-likeness (QED) is 0.233. The first-order valence-electron chi connectivity index (χ1n) is 11.5. The van der Waals surface area contributed by atoms with Crippen LogP contribution in [-0.4, -0.2) is 21.2 Å². The van der Waals surface area contributed by atoms with Crippen molar-refractivity contribution < 1.29 is 0 Å². The van der Waals surface area contributed by atoms with Gasteiger partial charge in [-0.2, -0.15) is 0 Å². The first-order valence-corrected chi connectivity index (χ1v) is 11.5. The maximum Gasteiger partial charge on any atom is 0.133 e. The average Bonchev–Trinajstić information content (AvgIpc) is 2.88. The van der Waals surface area contributed by atoms with Crippen molar-refractivity contribution in [3.05, 3.63) is 102 Å². The van der Waals surface area contributed by atoms with E-state index >= 15 is 0 Å². The van der Waals surface area contributed by atoms with Crippen molar-refractivity contribution in [2.45, 2.75) is 33.7 Å². The minimum Gasteiger partial charge on any atom is -0.366 e. The number of allylic oxidation sites excluding steroid dienone is 3. The Labute approximate surface area is 201 Å². The minimum atomic E-state index is 0.672. The Kier molecular flexibility index (Phi) is 7.56. The zero-order valence-corrected chi connectivity index (χ0v) is 19.9. The molecule has 0 saturated heterocycles. The summed E-state index contributed by atoms with van der Waals surface area (Å²) < 4.78 is 0. The number of hydrogen-bond donors (Lipinski definition) is 1. The molecule has 0 aliphatic heterocycles. The molecule has 0 radical (unpaired) electrons. The summed E-state index contributed by atoms with van der Waals surface area (Å²) in [4.78, 5) is 17.9. The summed E-state index contributed by atoms with van der Waals surface area (Å²) in [6.45, 7) is 6.78. The van der Waals surface area contributed by atoms with Gasteiger partial charge in [0.05, 0.1) is 16.9 Å². The molecule has 0 atom stereocenters. The van der Waals surface area contributed by atoms with E-state index in [9.17, 15) is 0 Å². The molecule has 4 rings (SSSR count). The van der Waals surface area contributed by atoms with Gasteiger partial charge < -0.3 is 5.32 Å². The van der Waals surface area contributed by atoms with Crippen LogP contribution in [0.3, 0.4) is 0 Å². The lowest BCUT2D eigenvalue weighted by atomic mass is 10.0. The van der Waals surface area contributed by atoms with Crippen LogP contribution in [0.1, 0.15) is 37.0 Å². The first kappa shape index (κ1) is 23.1. The largest absolute Gasteiger partial charge is 0.366 e. The molecular weight excluding hydrogens is 418 g/mol. The van der Waals surface area contributed by atoms with E-state index in [1.807, 2.05) is 37.5 Å². The number of nitrogens with one attached hydrogen (secondary N) is 1. The van der Waals surface area contributed by atoms with Crippen molar-refractivity contribution in [3.63, 3.8) is 0 Å². The second-order valence-corrected chi connectivity index (χ2v) is 7.93. The molecular formula is C29H29N5. The van der Waals surface area contributed by atoms with Crippen LogP contribution in [0, 0.1) is 6.92 Å². The summed E-state index contributed by atoms with van der Waals surface area (Å²) in [5, 5.41) is 4.57. The van der Waals surface area contributed by atoms with Gasteiger partial charge in [-0.3, -0.25) is 9.98 Å². The Morgan fingerprint density at radius 1 is 1.03 bits per heavy atom. The summed E-state index contributed by atoms with van der Waals surface area (Å²) >= 11 is 0. The Morgan fingerprint density at radius 3 is 2.68 bits per heavy atom. The van der Waals surface area contributed by atoms with Crippen LogP contribution in [0.25, 0.3) is 27.9 Å². The van der Waals surface area contributed by atoms with E-state index in [1.54, 1.807) is 6.33 Å². The lowest BCUT2D eigenvalue weighted by molar-refractivity contribution is 1.06. The summed E-state index contributed by atoms with van der Waals surface area (Å²) in [7, 11) is 0. The third kappa shape index (κ3) is 5.44. The molecule has 0 bridgehead atoms. The van der Waals surface area contributed by atoms with E-state index in [2.05, 4.69) is 93.7 Å². The Bertz CT molecular complexity index is 1350. The molecule has 2 aromatic carbocycles. The van der Waals surface area contributed by atoms with Crippen LogP contribution in [0.4, 0.5) is 5.82 Å². The Morgan fingerprint density at radius 2 is 1.88 bits per heavy atom. The Hall–Kier alpha value is -4.12. The number of fused-ring (bicyclic) bond motifs is 1. The number of nitrogens with zero attached hydrogens (tertiary/aromatic N) is 4. The number of anilines is 1. The Balaban J connectivity index is 1.50. The number of pyridine rings is 1. The van der Waals surface area contributed by atoms with Gasteiger partial charge in [0.15, 0.2) is 0 Å². The summed E-state index contributed by atoms with van der Waals surface area (Å²) in [5.41, 5.74) is 7.19. The lowest BCUT2D eigenvalue weighted by Gasteiger charge is -2.12. The predicted molar refractivity (Wildman–Crippen MR) is 143 cm³/mol. The van der Waals surface area contributed by atoms with Crippen LogP contribution in [0.15, 0.2) is 90.3 Å². The number of benzene rings is 2. The molecule has 1 N–H and O–H groups in total. The number of rotatable bonds is 8. The highest BCUT2D eigenvalue weighted by Crippen LogP contribution is 2.27. The molecule has 34 heavy (non-hydrogen) atoms. The van der Waals surface area contributed by atoms with E-state index in [0.717, 1.165) is 51.2 Å². The maximum absolute atomic E-state index is 4.55. The third-order valence-electron chi connectivity index (χ3n) is 5.56. The SMILES string of the molecule is C\C=N/C(=C\C=C\CC)c1ccc(CNc2ncnc(-c3ccc4ncccc4c3)c2C)cc1. The molecule has 0 spiro atoms. The van der Waals surface area contributed by atoms with Crippen molar-refractivity contribution >= 4 is 28.6 Å². The van der Waals surface area contributed by atoms with Gasteiger partial charge in [-0.1, -0.05) is 55.5 Å². The van der Waals surface area contributed by atoms with Crippen LogP contribution in [0.2, 0.25) is 0 Å². The summed E-state index contributed by atoms with van der Waals surface area (Å²) in [5.74, 6) is 0.834. The molecule has 0 aliphatic carbocycles. The van der Waals surface area contributed by atoms with Crippen molar-refractivity contribution in [3.8, 4) is 11.3 Å². The monoisotopic (exact) mass is 447 g/mol. The van der Waals surface area contributed by atoms with Crippen molar-refractivity contribution in [1.82, 2.24) is 15.0 Å². The van der Waals surface area contributed by atoms with Crippen molar-refractivity contribution in [1.29, 1.82) is 0 Å². The van der Waals surface area contributed by atoms with Crippen LogP contribution in [0.5, 0.6) is 0 Å². The van der Waals surface area contributed by atoms with Gasteiger partial charge in [0.25, 0.3) is 0 Å². The molecule has 0 fully saturated rings. The van der Waals surface area contributed by atoms with E-state index in [4.69, 9.17) is 0 Å². The maximum atomic E-state index is 4.55. The van der Waals surface area contributed by atoms with Crippen LogP contribution >= 0.6 is 0 Å². The molecule has 0 aliphatic rings. The predicted octanol–water partition coefficient (Wildman–Crippen LogP) is 7.01. The second kappa shape index (κ2) is 11.1. The van der Waals surface area contributed by atoms with Gasteiger partial charge in [0, 0.05) is 41.0 Å². The zero-order valence-electron chi connectivity index (χ0n) is 19.9. The first-order chi connectivity index (χ1) is 16.7. The van der Waals surface area contributed by atoms with E-state index in [0.29, 0.717) is 6.54 Å². The zero-order chi connectivity index (χ0) is 23.8. The van der Waals surface area contributed by atoms with Gasteiger partial charge in [-0.25, -0.2) is 9.97 Å². The summed E-state index contributed by atoms with van der Waals surface area (Å²) in [6, 6.07) is 18.7. The van der Waals surface area contributed by atoms with E-state index in [-0.39, 0.29) is 0 Å². The third-order valence-corrected chi connectivity index (χ3v) is 5.56. The number of aromatic nitrogens is 3. The fourth-order valence-electron chi connectivity index (χ4n) is 3.77. The highest BCUT2D eigenvalue weighted by Gasteiger charge is 2.10. The second-order valence-electron chi connectivity index (χ2n) is 7.93. The topological polar surface area (TPSA) is 63.1 Å². The van der Waals surface area contributed by atoms with Gasteiger partial charge >= 0.3 is 0 Å². The molecule has 170 valence electrons. The van der Waals surface area contributed by atoms with Gasteiger partial charge in [-0.15, -0.1) is 0 Å². The van der Waals surface area contributed by atoms with Gasteiger partial charge in [-0.05, 0) is 50.1 Å². The number of hydrogen-bond acceptors (Lipinski definition) is 5. The standard InChI is InChI=1S/C29H29N5/c1-4-6-7-10-26(30-5-2)23-13-11-22(12-14-23)19-32-29-21(3)28(33-20-34-29)25-15-16-27-24(18-25)9-8-17-31-27/h5-18,20H,4,19H2,1-3H3,(H,32,33,34)/b7-6+,26-10-,30-5-. The molecule has 5 nitrogen and oxygen atoms in total. The van der Waals surface area contributed by atoms with E-state index < -0.39 is 0 Å². The molecule has 0 saturated carbocycles. The fourth-order valence-corrected chi connectivity index (χ4v) is 3.77. The number of aliphatic imine (C=N–C) groups is 1. The van der Waals surface area contributed by atoms with Crippen molar-refractivity contribution in [2.24, 2.45) is 4.99 Å². The molecule has 5 heteroatoms. The van der Waals surface area contributed by atoms with Crippen molar-refractivity contribution in [2.75, 3.05) is 5.32 Å². The van der Waals surface area contributed by atoms with Crippen LogP contribution in [-0.2, 0) is 6.54 Å². The normalized spacial score (nSPS) is 12.1. The van der Waals surface area contributed by atoms with Crippen LogP contribution < -0.4 is 5.32 Å². The smallest absolute Gasteiger partial charge is 0.133 e. The average molecular weight is 448 g/mol. The lowest BCUT2D eigenvalue weighted by Crippen LogP contribution is -2.05. The molecule has 2 heterocycles. The molecule has 4 aromatic rings. The molecule has 0 unspecified atom stereocenters. The highest BCUT2D eigenvalue weighted by molar-refractivity contribution is 5.84. The molecule has 0 amide bonds.